The lowest BCUT2D eigenvalue weighted by molar-refractivity contribution is 0.199. The maximum atomic E-state index is 13.6. The number of aliphatic hydroxyl groups excluding tert-OH is 1. The maximum absolute atomic E-state index is 13.6. The van der Waals surface area contributed by atoms with Gasteiger partial charge in [-0.3, -0.25) is 4.98 Å². The molecule has 0 amide bonds. The molecule has 0 fully saturated rings. The van der Waals surface area contributed by atoms with Gasteiger partial charge in [0.1, 0.15) is 11.6 Å². The first-order valence-corrected chi connectivity index (χ1v) is 7.12. The molecular formula is C17H15F2N3O. The highest BCUT2D eigenvalue weighted by molar-refractivity contribution is 5.67. The number of halogens is 2. The molecule has 0 radical (unpaired) electrons. The molecule has 0 aliphatic heterocycles. The third kappa shape index (κ3) is 3.27. The molecule has 0 saturated carbocycles. The highest BCUT2D eigenvalue weighted by Crippen LogP contribution is 2.30. The standard InChI is InChI=1S/C17H15F2N3O/c1-11(23)16-7-13(18)2-3-15(16)17-12(6-14(19)8-21-17)9-22-5-4-20-10-22/h2-8,10-11,23H,9H2,1H3. The first-order chi connectivity index (χ1) is 11.0. The molecule has 1 unspecified atom stereocenters. The van der Waals surface area contributed by atoms with E-state index in [1.807, 2.05) is 0 Å². The van der Waals surface area contributed by atoms with Crippen LogP contribution in [0.25, 0.3) is 11.3 Å². The van der Waals surface area contributed by atoms with Crippen molar-refractivity contribution in [1.29, 1.82) is 0 Å². The molecule has 2 aromatic heterocycles. The maximum Gasteiger partial charge on any atom is 0.141 e. The molecule has 1 N–H and O–H groups in total. The van der Waals surface area contributed by atoms with Crippen molar-refractivity contribution in [3.05, 3.63) is 71.9 Å². The Labute approximate surface area is 132 Å². The zero-order valence-electron chi connectivity index (χ0n) is 12.4. The van der Waals surface area contributed by atoms with Crippen molar-refractivity contribution < 1.29 is 13.9 Å². The number of imidazole rings is 1. The number of hydrogen-bond acceptors (Lipinski definition) is 3. The van der Waals surface area contributed by atoms with Crippen LogP contribution in [0.1, 0.15) is 24.2 Å². The number of nitrogens with zero attached hydrogens (tertiary/aromatic N) is 3. The molecule has 2 heterocycles. The molecule has 0 saturated heterocycles. The van der Waals surface area contributed by atoms with Crippen LogP contribution >= 0.6 is 0 Å². The topological polar surface area (TPSA) is 50.9 Å². The Bertz CT molecular complexity index is 817. The first-order valence-electron chi connectivity index (χ1n) is 7.12. The van der Waals surface area contributed by atoms with Gasteiger partial charge in [-0.1, -0.05) is 0 Å². The van der Waals surface area contributed by atoms with Crippen molar-refractivity contribution in [3.8, 4) is 11.3 Å². The van der Waals surface area contributed by atoms with Gasteiger partial charge in [0, 0.05) is 23.5 Å². The Morgan fingerprint density at radius 3 is 2.74 bits per heavy atom. The van der Waals surface area contributed by atoms with E-state index in [0.29, 0.717) is 28.9 Å². The van der Waals surface area contributed by atoms with Crippen molar-refractivity contribution in [3.63, 3.8) is 0 Å². The summed E-state index contributed by atoms with van der Waals surface area (Å²) in [6.45, 7) is 1.92. The fourth-order valence-corrected chi connectivity index (χ4v) is 2.52. The van der Waals surface area contributed by atoms with E-state index in [-0.39, 0.29) is 0 Å². The third-order valence-electron chi connectivity index (χ3n) is 3.56. The predicted octanol–water partition coefficient (Wildman–Crippen LogP) is 3.32. The highest BCUT2D eigenvalue weighted by Gasteiger charge is 2.16. The van der Waals surface area contributed by atoms with Gasteiger partial charge in [-0.25, -0.2) is 13.8 Å². The number of aromatic nitrogens is 3. The SMILES string of the molecule is CC(O)c1cc(F)ccc1-c1ncc(F)cc1Cn1ccnc1. The summed E-state index contributed by atoms with van der Waals surface area (Å²) in [7, 11) is 0. The Hall–Kier alpha value is -2.60. The molecule has 0 bridgehead atoms. The molecule has 1 aromatic carbocycles. The van der Waals surface area contributed by atoms with Crippen molar-refractivity contribution in [2.24, 2.45) is 0 Å². The first kappa shape index (κ1) is 15.3. The van der Waals surface area contributed by atoms with Gasteiger partial charge in [0.05, 0.1) is 30.9 Å². The van der Waals surface area contributed by atoms with Gasteiger partial charge < -0.3 is 9.67 Å². The summed E-state index contributed by atoms with van der Waals surface area (Å²) in [5, 5.41) is 9.91. The van der Waals surface area contributed by atoms with Gasteiger partial charge >= 0.3 is 0 Å². The van der Waals surface area contributed by atoms with Crippen molar-refractivity contribution in [2.75, 3.05) is 0 Å². The second kappa shape index (κ2) is 6.26. The molecule has 1 atom stereocenters. The van der Waals surface area contributed by atoms with E-state index in [1.54, 1.807) is 36.3 Å². The average molecular weight is 315 g/mol. The van der Waals surface area contributed by atoms with Crippen LogP contribution < -0.4 is 0 Å². The van der Waals surface area contributed by atoms with E-state index in [9.17, 15) is 13.9 Å². The lowest BCUT2D eigenvalue weighted by Gasteiger charge is -2.15. The van der Waals surface area contributed by atoms with Gasteiger partial charge in [0.25, 0.3) is 0 Å². The fraction of sp³-hybridized carbons (Fsp3) is 0.176. The minimum atomic E-state index is -0.867. The zero-order chi connectivity index (χ0) is 16.4. The summed E-state index contributed by atoms with van der Waals surface area (Å²) in [6.07, 6.45) is 5.26. The molecule has 3 rings (SSSR count). The van der Waals surface area contributed by atoms with E-state index in [1.165, 1.54) is 18.2 Å². The van der Waals surface area contributed by atoms with Crippen LogP contribution in [0.3, 0.4) is 0 Å². The molecule has 0 aliphatic carbocycles. The van der Waals surface area contributed by atoms with E-state index in [2.05, 4.69) is 9.97 Å². The van der Waals surface area contributed by atoms with Crippen LogP contribution in [0.2, 0.25) is 0 Å². The van der Waals surface area contributed by atoms with E-state index in [4.69, 9.17) is 0 Å². The molecule has 0 spiro atoms. The fourth-order valence-electron chi connectivity index (χ4n) is 2.52. The molecule has 23 heavy (non-hydrogen) atoms. The zero-order valence-corrected chi connectivity index (χ0v) is 12.4. The number of aliphatic hydroxyl groups is 1. The quantitative estimate of drug-likeness (QED) is 0.803. The summed E-state index contributed by atoms with van der Waals surface area (Å²) in [6, 6.07) is 5.51. The number of hydrogen-bond donors (Lipinski definition) is 1. The van der Waals surface area contributed by atoms with Crippen LogP contribution in [-0.4, -0.2) is 19.6 Å². The summed E-state index contributed by atoms with van der Waals surface area (Å²) >= 11 is 0. The van der Waals surface area contributed by atoms with Crippen molar-refractivity contribution in [2.45, 2.75) is 19.6 Å². The number of benzene rings is 1. The van der Waals surface area contributed by atoms with E-state index in [0.717, 1.165) is 6.20 Å². The molecule has 0 aliphatic rings. The smallest absolute Gasteiger partial charge is 0.141 e. The summed E-state index contributed by atoms with van der Waals surface area (Å²) in [5.41, 5.74) is 2.13. The largest absolute Gasteiger partial charge is 0.389 e. The second-order valence-electron chi connectivity index (χ2n) is 5.30. The Kier molecular flexibility index (Phi) is 4.16. The summed E-state index contributed by atoms with van der Waals surface area (Å²) in [4.78, 5) is 8.12. The molecular weight excluding hydrogens is 300 g/mol. The van der Waals surface area contributed by atoms with Gasteiger partial charge in [-0.05, 0) is 36.8 Å². The van der Waals surface area contributed by atoms with Crippen molar-refractivity contribution in [1.82, 2.24) is 14.5 Å². The number of pyridine rings is 1. The van der Waals surface area contributed by atoms with Crippen molar-refractivity contribution >= 4 is 0 Å². The van der Waals surface area contributed by atoms with Crippen LogP contribution in [-0.2, 0) is 6.54 Å². The Balaban J connectivity index is 2.13. The molecule has 4 nitrogen and oxygen atoms in total. The Morgan fingerprint density at radius 1 is 1.22 bits per heavy atom. The average Bonchev–Trinajstić information content (AvgIpc) is 3.01. The molecule has 118 valence electrons. The molecule has 6 heteroatoms. The van der Waals surface area contributed by atoms with Crippen LogP contribution in [0.5, 0.6) is 0 Å². The van der Waals surface area contributed by atoms with Gasteiger partial charge in [-0.15, -0.1) is 0 Å². The lowest BCUT2D eigenvalue weighted by Crippen LogP contribution is -2.04. The van der Waals surface area contributed by atoms with E-state index < -0.39 is 17.7 Å². The minimum absolute atomic E-state index is 0.372. The van der Waals surface area contributed by atoms with Crippen LogP contribution in [0.4, 0.5) is 8.78 Å². The third-order valence-corrected chi connectivity index (χ3v) is 3.56. The summed E-state index contributed by atoms with van der Waals surface area (Å²) < 4.78 is 28.9. The normalized spacial score (nSPS) is 12.3. The minimum Gasteiger partial charge on any atom is -0.389 e. The second-order valence-corrected chi connectivity index (χ2v) is 5.30. The molecule has 3 aromatic rings. The van der Waals surface area contributed by atoms with Gasteiger partial charge in [-0.2, -0.15) is 0 Å². The van der Waals surface area contributed by atoms with Gasteiger partial charge in [0.2, 0.25) is 0 Å². The lowest BCUT2D eigenvalue weighted by atomic mass is 9.97. The Morgan fingerprint density at radius 2 is 2.04 bits per heavy atom. The monoisotopic (exact) mass is 315 g/mol. The van der Waals surface area contributed by atoms with Gasteiger partial charge in [0.15, 0.2) is 0 Å². The number of rotatable bonds is 4. The predicted molar refractivity (Wildman–Crippen MR) is 81.6 cm³/mol. The van der Waals surface area contributed by atoms with Crippen LogP contribution in [0, 0.1) is 11.6 Å². The summed E-state index contributed by atoms with van der Waals surface area (Å²) in [5.74, 6) is -0.896. The van der Waals surface area contributed by atoms with E-state index >= 15 is 0 Å². The highest BCUT2D eigenvalue weighted by atomic mass is 19.1. The van der Waals surface area contributed by atoms with Crippen LogP contribution in [0.15, 0.2) is 49.2 Å².